The predicted octanol–water partition coefficient (Wildman–Crippen LogP) is 6.19. The number of hydrogen-bond donors (Lipinski definition) is 1. The van der Waals surface area contributed by atoms with Crippen molar-refractivity contribution in [2.24, 2.45) is 0 Å². The first-order chi connectivity index (χ1) is 13.3. The average Bonchev–Trinajstić information content (AvgIpc) is 3.20. The molecule has 0 radical (unpaired) electrons. The highest BCUT2D eigenvalue weighted by atomic mass is 32.1. The molecular weight excluding hydrogens is 366 g/mol. The third-order valence-electron chi connectivity index (χ3n) is 4.38. The maximum Gasteiger partial charge on any atom is 0.255 e. The SMILES string of the molecule is CC(C)(C)c1ccc(C(=O)Nc2ccc(C(=O)C=Cc3cccs3)cc2)cc1. The second-order valence-corrected chi connectivity index (χ2v) is 8.55. The zero-order valence-corrected chi connectivity index (χ0v) is 17.0. The molecule has 28 heavy (non-hydrogen) atoms. The monoisotopic (exact) mass is 389 g/mol. The number of thiophene rings is 1. The van der Waals surface area contributed by atoms with Crippen molar-refractivity contribution in [3.05, 3.63) is 93.7 Å². The van der Waals surface area contributed by atoms with E-state index in [1.807, 2.05) is 47.9 Å². The number of carbonyl (C=O) groups is 2. The van der Waals surface area contributed by atoms with Gasteiger partial charge in [-0.1, -0.05) is 39.0 Å². The first kappa shape index (κ1) is 19.8. The number of amides is 1. The summed E-state index contributed by atoms with van der Waals surface area (Å²) in [6.45, 7) is 6.42. The van der Waals surface area contributed by atoms with Crippen molar-refractivity contribution in [1.29, 1.82) is 0 Å². The van der Waals surface area contributed by atoms with Crippen molar-refractivity contribution in [2.45, 2.75) is 26.2 Å². The lowest BCUT2D eigenvalue weighted by atomic mass is 9.87. The van der Waals surface area contributed by atoms with Crippen molar-refractivity contribution >= 4 is 34.8 Å². The van der Waals surface area contributed by atoms with E-state index in [0.717, 1.165) is 4.88 Å². The average molecular weight is 390 g/mol. The van der Waals surface area contributed by atoms with Gasteiger partial charge in [0.25, 0.3) is 5.91 Å². The highest BCUT2D eigenvalue weighted by Gasteiger charge is 2.14. The molecule has 0 spiro atoms. The molecule has 0 aliphatic heterocycles. The van der Waals surface area contributed by atoms with Crippen LogP contribution in [0.5, 0.6) is 0 Å². The Morgan fingerprint density at radius 3 is 2.11 bits per heavy atom. The Morgan fingerprint density at radius 2 is 1.54 bits per heavy atom. The van der Waals surface area contributed by atoms with Crippen LogP contribution in [0.4, 0.5) is 5.69 Å². The van der Waals surface area contributed by atoms with E-state index in [2.05, 4.69) is 26.1 Å². The maximum atomic E-state index is 12.4. The minimum Gasteiger partial charge on any atom is -0.322 e. The number of benzene rings is 2. The predicted molar refractivity (Wildman–Crippen MR) is 117 cm³/mol. The molecule has 0 aliphatic carbocycles. The lowest BCUT2D eigenvalue weighted by Gasteiger charge is -2.19. The number of rotatable bonds is 5. The minimum absolute atomic E-state index is 0.0509. The Kier molecular flexibility index (Phi) is 5.90. The third kappa shape index (κ3) is 5.05. The normalized spacial score (nSPS) is 11.5. The number of nitrogens with one attached hydrogen (secondary N) is 1. The van der Waals surface area contributed by atoms with Gasteiger partial charge in [-0.05, 0) is 71.0 Å². The topological polar surface area (TPSA) is 46.2 Å². The largest absolute Gasteiger partial charge is 0.322 e. The van der Waals surface area contributed by atoms with E-state index in [1.165, 1.54) is 5.56 Å². The standard InChI is InChI=1S/C24H23NO2S/c1-24(2,3)19-10-6-18(7-11-19)23(27)25-20-12-8-17(9-13-20)22(26)15-14-21-5-4-16-28-21/h4-16H,1-3H3,(H,25,27). The highest BCUT2D eigenvalue weighted by Crippen LogP contribution is 2.22. The number of anilines is 1. The van der Waals surface area contributed by atoms with Gasteiger partial charge in [0.1, 0.15) is 0 Å². The first-order valence-electron chi connectivity index (χ1n) is 9.11. The van der Waals surface area contributed by atoms with Gasteiger partial charge < -0.3 is 5.32 Å². The fourth-order valence-electron chi connectivity index (χ4n) is 2.68. The van der Waals surface area contributed by atoms with Gasteiger partial charge in [-0.3, -0.25) is 9.59 Å². The Hall–Kier alpha value is -2.98. The molecule has 142 valence electrons. The zero-order chi connectivity index (χ0) is 20.1. The number of ketones is 1. The van der Waals surface area contributed by atoms with Gasteiger partial charge in [0.15, 0.2) is 5.78 Å². The van der Waals surface area contributed by atoms with Crippen molar-refractivity contribution in [3.8, 4) is 0 Å². The minimum atomic E-state index is -0.169. The summed E-state index contributed by atoms with van der Waals surface area (Å²) in [5.41, 5.74) is 3.08. The molecule has 0 saturated carbocycles. The Bertz CT molecular complexity index is 977. The van der Waals surface area contributed by atoms with Crippen LogP contribution in [0, 0.1) is 0 Å². The molecule has 1 amide bonds. The van der Waals surface area contributed by atoms with E-state index in [9.17, 15) is 9.59 Å². The van der Waals surface area contributed by atoms with E-state index in [1.54, 1.807) is 41.7 Å². The van der Waals surface area contributed by atoms with Gasteiger partial charge in [-0.2, -0.15) is 0 Å². The molecule has 3 rings (SSSR count). The van der Waals surface area contributed by atoms with E-state index in [-0.39, 0.29) is 17.1 Å². The van der Waals surface area contributed by atoms with E-state index < -0.39 is 0 Å². The van der Waals surface area contributed by atoms with Crippen LogP contribution in [0.2, 0.25) is 0 Å². The van der Waals surface area contributed by atoms with Crippen molar-refractivity contribution in [3.63, 3.8) is 0 Å². The Balaban J connectivity index is 1.63. The third-order valence-corrected chi connectivity index (χ3v) is 5.22. The van der Waals surface area contributed by atoms with E-state index in [0.29, 0.717) is 16.8 Å². The van der Waals surface area contributed by atoms with Crippen LogP contribution in [0.25, 0.3) is 6.08 Å². The molecule has 1 aromatic heterocycles. The summed E-state index contributed by atoms with van der Waals surface area (Å²) in [4.78, 5) is 25.7. The molecule has 0 unspecified atom stereocenters. The van der Waals surface area contributed by atoms with Crippen LogP contribution < -0.4 is 5.32 Å². The lowest BCUT2D eigenvalue weighted by Crippen LogP contribution is -2.14. The molecule has 1 N–H and O–H groups in total. The molecule has 0 saturated heterocycles. The van der Waals surface area contributed by atoms with Crippen LogP contribution in [-0.4, -0.2) is 11.7 Å². The molecule has 0 aliphatic rings. The zero-order valence-electron chi connectivity index (χ0n) is 16.2. The van der Waals surface area contributed by atoms with Crippen LogP contribution >= 0.6 is 11.3 Å². The van der Waals surface area contributed by atoms with Gasteiger partial charge in [0.2, 0.25) is 0 Å². The van der Waals surface area contributed by atoms with Crippen LogP contribution in [-0.2, 0) is 5.41 Å². The summed E-state index contributed by atoms with van der Waals surface area (Å²) in [6, 6.07) is 18.5. The number of allylic oxidation sites excluding steroid dienone is 1. The molecule has 0 atom stereocenters. The van der Waals surface area contributed by atoms with Crippen molar-refractivity contribution in [1.82, 2.24) is 0 Å². The van der Waals surface area contributed by atoms with Crippen LogP contribution in [0.3, 0.4) is 0 Å². The van der Waals surface area contributed by atoms with Crippen LogP contribution in [0.15, 0.2) is 72.1 Å². The summed E-state index contributed by atoms with van der Waals surface area (Å²) in [7, 11) is 0. The van der Waals surface area contributed by atoms with Gasteiger partial charge >= 0.3 is 0 Å². The van der Waals surface area contributed by atoms with E-state index >= 15 is 0 Å². The Labute approximate surface area is 169 Å². The molecule has 1 heterocycles. The van der Waals surface area contributed by atoms with Gasteiger partial charge in [-0.15, -0.1) is 11.3 Å². The smallest absolute Gasteiger partial charge is 0.255 e. The number of carbonyl (C=O) groups excluding carboxylic acids is 2. The summed E-state index contributed by atoms with van der Waals surface area (Å²) < 4.78 is 0. The molecule has 2 aromatic carbocycles. The van der Waals surface area contributed by atoms with Crippen molar-refractivity contribution < 1.29 is 9.59 Å². The second-order valence-electron chi connectivity index (χ2n) is 7.57. The van der Waals surface area contributed by atoms with Crippen LogP contribution in [0.1, 0.15) is 51.9 Å². The van der Waals surface area contributed by atoms with Crippen molar-refractivity contribution in [2.75, 3.05) is 5.32 Å². The summed E-state index contributed by atoms with van der Waals surface area (Å²) >= 11 is 1.58. The second kappa shape index (κ2) is 8.36. The van der Waals surface area contributed by atoms with E-state index in [4.69, 9.17) is 0 Å². The molecular formula is C24H23NO2S. The molecule has 0 fully saturated rings. The molecule has 3 nitrogen and oxygen atoms in total. The fourth-order valence-corrected chi connectivity index (χ4v) is 3.30. The molecule has 4 heteroatoms. The number of hydrogen-bond acceptors (Lipinski definition) is 3. The Morgan fingerprint density at radius 1 is 0.893 bits per heavy atom. The summed E-state index contributed by atoms with van der Waals surface area (Å²) in [6.07, 6.45) is 3.38. The first-order valence-corrected chi connectivity index (χ1v) is 9.99. The molecule has 0 bridgehead atoms. The van der Waals surface area contributed by atoms with Gasteiger partial charge in [0, 0.05) is 21.7 Å². The lowest BCUT2D eigenvalue weighted by molar-refractivity contribution is 0.102. The quantitative estimate of drug-likeness (QED) is 0.417. The summed E-state index contributed by atoms with van der Waals surface area (Å²) in [5.74, 6) is -0.235. The van der Waals surface area contributed by atoms with Gasteiger partial charge in [-0.25, -0.2) is 0 Å². The highest BCUT2D eigenvalue weighted by molar-refractivity contribution is 7.10. The molecule has 3 aromatic rings. The maximum absolute atomic E-state index is 12.4. The summed E-state index contributed by atoms with van der Waals surface area (Å²) in [5, 5.41) is 4.84. The van der Waals surface area contributed by atoms with Gasteiger partial charge in [0.05, 0.1) is 0 Å². The fraction of sp³-hybridized carbons (Fsp3) is 0.167.